The fourth-order valence-electron chi connectivity index (χ4n) is 8.22. The minimum atomic E-state index is -0.772. The molecule has 0 spiro atoms. The second kappa shape index (κ2) is 29.6. The normalized spacial score (nSPS) is 11.5. The summed E-state index contributed by atoms with van der Waals surface area (Å²) in [6.45, 7) is -0.655. The highest BCUT2D eigenvalue weighted by Gasteiger charge is 2.19. The molecule has 11 aromatic rings. The van der Waals surface area contributed by atoms with Crippen LogP contribution in [0, 0.1) is 26.3 Å². The van der Waals surface area contributed by atoms with Crippen molar-refractivity contribution in [3.05, 3.63) is 233 Å². The molecule has 0 fully saturated rings. The molecule has 0 radical (unpaired) electrons. The zero-order chi connectivity index (χ0) is 66.5. The predicted octanol–water partition coefficient (Wildman–Crippen LogP) is 14.9. The molecule has 0 saturated carbocycles. The molecular formula is C62H49Br3N18O8. The first-order valence-electron chi connectivity index (χ1n) is 27.5. The maximum Gasteiger partial charge on any atom is 0.433 e. The van der Waals surface area contributed by atoms with Crippen molar-refractivity contribution in [3.63, 3.8) is 0 Å². The van der Waals surface area contributed by atoms with Gasteiger partial charge in [0.1, 0.15) is 64.2 Å². The lowest BCUT2D eigenvalue weighted by Crippen LogP contribution is -2.10. The van der Waals surface area contributed by atoms with Crippen LogP contribution in [0.2, 0.25) is 0 Å². The van der Waals surface area contributed by atoms with E-state index in [4.69, 9.17) is 65.9 Å². The number of benzene rings is 6. The van der Waals surface area contributed by atoms with Gasteiger partial charge in [-0.05, 0) is 121 Å². The van der Waals surface area contributed by atoms with Crippen molar-refractivity contribution < 1.29 is 35.6 Å². The monoisotopic (exact) mass is 1410 g/mol. The number of pyridine rings is 3. The number of hydrogen-bond acceptors (Lipinski definition) is 22. The molecule has 5 heterocycles. The Bertz CT molecular complexity index is 4800. The average Bonchev–Trinajstić information content (AvgIpc) is 1.50. The van der Waals surface area contributed by atoms with E-state index in [0.29, 0.717) is 73.4 Å². The quantitative estimate of drug-likeness (QED) is 0.00988. The second-order valence-electron chi connectivity index (χ2n) is 19.1. The fraction of sp³-hybridized carbons (Fsp3) is 0.0645. The standard InChI is InChI=1S/C23H17BrN6O5.C23H19BrN6O3.C16H13BrN6/c24-15-4-1-14-11-27-19(10-21(31)34-12-17-7-8-20(35-17)30(32)33)22(18(14)9-15)29-28-16-5-2-13(3-6-16)23(25)26;24-15-4-1-14-11-28-19(10-21(31)32-12-17-7-8-20(25)33-17)22(18(14)9-15)30-29-16-5-2-13(3-6-16)23(26)27;17-11-4-1-10-8-21-16(20)14(13(10)7-11)23-22-12-5-2-9(3-6-12)15(18)19/h1-9,11H,10,12H2,(H3,25,26);1-9,11H,10,12,25H2,(H3,26,27);1-8H,(H3,18,19)(H2,20,21)/i2*7T;. The number of amidine groups is 3. The molecule has 0 aliphatic rings. The molecule has 29 heteroatoms. The predicted molar refractivity (Wildman–Crippen MR) is 353 cm³/mol. The van der Waals surface area contributed by atoms with Crippen molar-refractivity contribution in [3.8, 4) is 0 Å². The molecule has 0 amide bonds. The highest BCUT2D eigenvalue weighted by Crippen LogP contribution is 2.37. The Balaban J connectivity index is 0.000000169. The molecular weight excluding hydrogens is 1360 g/mol. The van der Waals surface area contributed by atoms with Crippen molar-refractivity contribution in [2.45, 2.75) is 26.1 Å². The minimum absolute atomic E-state index is 0.0147. The molecule has 0 unspecified atom stereocenters. The van der Waals surface area contributed by atoms with Gasteiger partial charge in [-0.1, -0.05) is 66.0 Å². The van der Waals surface area contributed by atoms with E-state index in [0.717, 1.165) is 46.4 Å². The van der Waals surface area contributed by atoms with Crippen LogP contribution in [0.15, 0.2) is 223 Å². The molecule has 456 valence electrons. The maximum atomic E-state index is 12.6. The first kappa shape index (κ1) is 61.4. The number of nitrogens with zero attached hydrogens (tertiary/aromatic N) is 10. The number of fused-ring (bicyclic) bond motifs is 3. The van der Waals surface area contributed by atoms with Gasteiger partial charge in [0.05, 0.1) is 50.1 Å². The van der Waals surface area contributed by atoms with Crippen LogP contribution < -0.4 is 28.7 Å². The van der Waals surface area contributed by atoms with E-state index >= 15 is 0 Å². The second-order valence-corrected chi connectivity index (χ2v) is 21.8. The smallest absolute Gasteiger partial charge is 0.433 e. The highest BCUT2D eigenvalue weighted by molar-refractivity contribution is 9.11. The number of rotatable bonds is 18. The number of anilines is 2. The number of azo groups is 3. The summed E-state index contributed by atoms with van der Waals surface area (Å²) in [5, 5.41) is 63.7. The van der Waals surface area contributed by atoms with Gasteiger partial charge in [0.25, 0.3) is 0 Å². The van der Waals surface area contributed by atoms with Crippen molar-refractivity contribution in [2.24, 2.45) is 47.9 Å². The number of carbonyl (C=O) groups excluding carboxylic acids is 2. The Kier molecular flexibility index (Phi) is 20.0. The van der Waals surface area contributed by atoms with Gasteiger partial charge in [-0.3, -0.25) is 45.9 Å². The number of aromatic nitrogens is 3. The third-order valence-corrected chi connectivity index (χ3v) is 14.2. The van der Waals surface area contributed by atoms with Crippen LogP contribution in [0.5, 0.6) is 0 Å². The Morgan fingerprint density at radius 1 is 0.516 bits per heavy atom. The lowest BCUT2D eigenvalue weighted by atomic mass is 10.1. The number of hydrogen-bond donors (Lipinski definition) is 8. The molecule has 13 N–H and O–H groups in total. The van der Waals surface area contributed by atoms with Crippen molar-refractivity contribution in [1.29, 1.82) is 16.2 Å². The summed E-state index contributed by atoms with van der Waals surface area (Å²) >= 11 is 10.3. The summed E-state index contributed by atoms with van der Waals surface area (Å²) in [7, 11) is 0. The van der Waals surface area contributed by atoms with Crippen molar-refractivity contribution in [1.82, 2.24) is 15.0 Å². The summed E-state index contributed by atoms with van der Waals surface area (Å²) in [6, 6.07) is 39.3. The molecule has 11 rings (SSSR count). The van der Waals surface area contributed by atoms with Crippen LogP contribution in [0.1, 0.15) is 42.3 Å². The maximum absolute atomic E-state index is 12.6. The number of esters is 2. The third-order valence-electron chi connectivity index (χ3n) is 12.7. The molecule has 91 heavy (non-hydrogen) atoms. The molecule has 0 atom stereocenters. The van der Waals surface area contributed by atoms with Crippen LogP contribution in [0.4, 0.5) is 51.7 Å². The van der Waals surface area contributed by atoms with Crippen LogP contribution in [-0.2, 0) is 45.1 Å². The zero-order valence-corrected chi connectivity index (χ0v) is 51.9. The van der Waals surface area contributed by atoms with Gasteiger partial charge in [-0.2, -0.15) is 15.3 Å². The largest absolute Gasteiger partial charge is 0.457 e. The van der Waals surface area contributed by atoms with Gasteiger partial charge < -0.3 is 47.0 Å². The van der Waals surface area contributed by atoms with E-state index in [-0.39, 0.29) is 66.4 Å². The summed E-state index contributed by atoms with van der Waals surface area (Å²) in [5.41, 5.74) is 33.3. The van der Waals surface area contributed by atoms with Gasteiger partial charge in [-0.25, -0.2) is 4.98 Å². The SMILES string of the molecule is N=C(N)c1ccc(N=Nc2c(N)ncc3ccc(Br)cc23)cc1.[3H]c1cc(N)oc1COC(=O)Cc1ncc2ccc(Br)cc2c1N=Nc1ccc(C(=N)N)cc1.[3H]c1cc([N+](=O)[O-])oc1COC(=O)Cc1ncc2ccc(Br)cc2c1N=Nc1ccc(C(=N)N)cc1. The summed E-state index contributed by atoms with van der Waals surface area (Å²) < 4.78 is 38.5. The van der Waals surface area contributed by atoms with Crippen LogP contribution >= 0.6 is 47.8 Å². The number of nitrogens with two attached hydrogens (primary N) is 5. The van der Waals surface area contributed by atoms with Gasteiger partial charge in [-0.15, -0.1) is 15.3 Å². The van der Waals surface area contributed by atoms with E-state index in [1.807, 2.05) is 54.6 Å². The van der Waals surface area contributed by atoms with Crippen LogP contribution in [0.25, 0.3) is 32.3 Å². The number of nitro groups is 1. The number of carbonyl (C=O) groups is 2. The Morgan fingerprint density at radius 3 is 1.24 bits per heavy atom. The summed E-state index contributed by atoms with van der Waals surface area (Å²) in [4.78, 5) is 48.0. The minimum Gasteiger partial charge on any atom is -0.457 e. The molecule has 26 nitrogen and oxygen atoms in total. The van der Waals surface area contributed by atoms with Gasteiger partial charge >= 0.3 is 17.8 Å². The number of nitrogen functional groups attached to an aromatic ring is 5. The topological polar surface area (TPSA) is 437 Å². The zero-order valence-electron chi connectivity index (χ0n) is 49.1. The van der Waals surface area contributed by atoms with Crippen LogP contribution in [-0.4, -0.2) is 49.3 Å². The summed E-state index contributed by atoms with van der Waals surface area (Å²) in [5.74, 6) is -1.54. The number of ether oxygens (including phenoxy) is 2. The summed E-state index contributed by atoms with van der Waals surface area (Å²) in [6.07, 6.45) is 4.53. The van der Waals surface area contributed by atoms with E-state index in [2.05, 4.69) is 93.4 Å². The van der Waals surface area contributed by atoms with E-state index in [9.17, 15) is 19.7 Å². The molecule has 0 aliphatic carbocycles. The van der Waals surface area contributed by atoms with E-state index in [1.165, 1.54) is 6.07 Å². The lowest BCUT2D eigenvalue weighted by molar-refractivity contribution is -0.402. The molecule has 0 aliphatic heterocycles. The van der Waals surface area contributed by atoms with E-state index < -0.39 is 29.4 Å². The Hall–Kier alpha value is -11.3. The molecule has 0 bridgehead atoms. The Morgan fingerprint density at radius 2 is 0.879 bits per heavy atom. The van der Waals surface area contributed by atoms with E-state index in [1.54, 1.807) is 91.4 Å². The number of halogens is 3. The first-order valence-corrected chi connectivity index (χ1v) is 28.9. The fourth-order valence-corrected chi connectivity index (χ4v) is 9.30. The van der Waals surface area contributed by atoms with Gasteiger partial charge in [0.15, 0.2) is 11.7 Å². The molecule has 6 aromatic carbocycles. The number of furan rings is 2. The van der Waals surface area contributed by atoms with Crippen LogP contribution in [0.3, 0.4) is 0 Å². The lowest BCUT2D eigenvalue weighted by Gasteiger charge is -2.09. The number of nitrogens with one attached hydrogen (secondary N) is 3. The Labute approximate surface area is 543 Å². The molecule has 0 saturated heterocycles. The van der Waals surface area contributed by atoms with Gasteiger partial charge in [0, 0.05) is 87.1 Å². The third kappa shape index (κ3) is 17.3. The highest BCUT2D eigenvalue weighted by atomic mass is 79.9. The van der Waals surface area contributed by atoms with Gasteiger partial charge in [0.2, 0.25) is 0 Å². The molecule has 5 aromatic heterocycles. The van der Waals surface area contributed by atoms with Crippen molar-refractivity contribution >= 4 is 161 Å². The first-order chi connectivity index (χ1) is 44.5. The average molecular weight is 1420 g/mol. The van der Waals surface area contributed by atoms with Crippen molar-refractivity contribution in [2.75, 3.05) is 11.5 Å².